The van der Waals surface area contributed by atoms with Gasteiger partial charge in [-0.05, 0) is 61.5 Å². The van der Waals surface area contributed by atoms with Gasteiger partial charge in [-0.1, -0.05) is 0 Å². The van der Waals surface area contributed by atoms with E-state index >= 15 is 0 Å². The SMILES string of the molecule is Cc1cc2c(Oc3ccc(N(C)S(=O)(=O)c4ccc(F)cc4)cc3)ncnc2s1. The average molecular weight is 429 g/mol. The molecular weight excluding hydrogens is 413 g/mol. The molecule has 0 amide bonds. The number of rotatable bonds is 5. The largest absolute Gasteiger partial charge is 0.438 e. The number of thiophene rings is 1. The molecule has 0 bridgehead atoms. The summed E-state index contributed by atoms with van der Waals surface area (Å²) in [6, 6.07) is 13.3. The van der Waals surface area contributed by atoms with E-state index in [9.17, 15) is 12.8 Å². The number of aromatic nitrogens is 2. The molecule has 0 aliphatic heterocycles. The number of halogens is 1. The monoisotopic (exact) mass is 429 g/mol. The quantitative estimate of drug-likeness (QED) is 0.458. The third kappa shape index (κ3) is 3.79. The fourth-order valence-corrected chi connectivity index (χ4v) is 4.81. The van der Waals surface area contributed by atoms with Gasteiger partial charge in [0.25, 0.3) is 10.0 Å². The van der Waals surface area contributed by atoms with Crippen molar-refractivity contribution in [2.24, 2.45) is 0 Å². The Labute approximate surface area is 171 Å². The lowest BCUT2D eigenvalue weighted by Gasteiger charge is -2.19. The molecule has 4 aromatic rings. The van der Waals surface area contributed by atoms with Crippen molar-refractivity contribution in [3.8, 4) is 11.6 Å². The van der Waals surface area contributed by atoms with Gasteiger partial charge in [0.05, 0.1) is 16.0 Å². The van der Waals surface area contributed by atoms with Crippen molar-refractivity contribution in [3.05, 3.63) is 71.6 Å². The van der Waals surface area contributed by atoms with E-state index in [1.54, 1.807) is 35.6 Å². The molecule has 148 valence electrons. The Morgan fingerprint density at radius 1 is 1.03 bits per heavy atom. The van der Waals surface area contributed by atoms with Gasteiger partial charge in [0, 0.05) is 11.9 Å². The van der Waals surface area contributed by atoms with E-state index in [2.05, 4.69) is 9.97 Å². The Kier molecular flexibility index (Phi) is 4.93. The number of anilines is 1. The van der Waals surface area contributed by atoms with Crippen LogP contribution in [0, 0.1) is 12.7 Å². The summed E-state index contributed by atoms with van der Waals surface area (Å²) in [6.07, 6.45) is 1.45. The Bertz CT molecular complexity index is 1270. The number of nitrogens with zero attached hydrogens (tertiary/aromatic N) is 3. The maximum Gasteiger partial charge on any atom is 0.264 e. The van der Waals surface area contributed by atoms with Gasteiger partial charge in [-0.15, -0.1) is 11.3 Å². The molecule has 0 saturated carbocycles. The van der Waals surface area contributed by atoms with Crippen molar-refractivity contribution in [2.45, 2.75) is 11.8 Å². The van der Waals surface area contributed by atoms with Crippen LogP contribution in [-0.4, -0.2) is 25.4 Å². The van der Waals surface area contributed by atoms with Crippen molar-refractivity contribution in [1.29, 1.82) is 0 Å². The summed E-state index contributed by atoms with van der Waals surface area (Å²) in [6.45, 7) is 1.99. The van der Waals surface area contributed by atoms with Gasteiger partial charge < -0.3 is 4.74 Å². The predicted octanol–water partition coefficient (Wildman–Crippen LogP) is 4.76. The van der Waals surface area contributed by atoms with E-state index in [-0.39, 0.29) is 4.90 Å². The Balaban J connectivity index is 1.58. The van der Waals surface area contributed by atoms with Gasteiger partial charge in [-0.3, -0.25) is 4.31 Å². The highest BCUT2D eigenvalue weighted by Crippen LogP contribution is 2.32. The minimum atomic E-state index is -3.80. The van der Waals surface area contributed by atoms with Crippen molar-refractivity contribution in [3.63, 3.8) is 0 Å². The third-order valence-electron chi connectivity index (χ3n) is 4.30. The molecule has 4 rings (SSSR count). The van der Waals surface area contributed by atoms with E-state index < -0.39 is 15.8 Å². The van der Waals surface area contributed by atoms with Crippen LogP contribution in [0.2, 0.25) is 0 Å². The molecule has 0 fully saturated rings. The number of hydrogen-bond donors (Lipinski definition) is 0. The second-order valence-electron chi connectivity index (χ2n) is 6.28. The lowest BCUT2D eigenvalue weighted by atomic mass is 10.3. The van der Waals surface area contributed by atoms with Gasteiger partial charge in [-0.2, -0.15) is 0 Å². The molecule has 2 aromatic heterocycles. The number of hydrogen-bond acceptors (Lipinski definition) is 6. The smallest absolute Gasteiger partial charge is 0.264 e. The highest BCUT2D eigenvalue weighted by molar-refractivity contribution is 7.92. The van der Waals surface area contributed by atoms with E-state index in [1.165, 1.54) is 25.5 Å². The molecule has 0 atom stereocenters. The van der Waals surface area contributed by atoms with Crippen molar-refractivity contribution < 1.29 is 17.5 Å². The highest BCUT2D eigenvalue weighted by Gasteiger charge is 2.21. The number of fused-ring (bicyclic) bond motifs is 1. The zero-order valence-corrected chi connectivity index (χ0v) is 17.2. The molecule has 0 aliphatic rings. The summed E-state index contributed by atoms with van der Waals surface area (Å²) >= 11 is 1.56. The molecule has 0 unspecified atom stereocenters. The molecule has 0 radical (unpaired) electrons. The first-order valence-electron chi connectivity index (χ1n) is 8.58. The van der Waals surface area contributed by atoms with Gasteiger partial charge in [0.1, 0.15) is 22.7 Å². The number of sulfonamides is 1. The first kappa shape index (κ1) is 19.3. The van der Waals surface area contributed by atoms with Crippen molar-refractivity contribution in [2.75, 3.05) is 11.4 Å². The molecule has 29 heavy (non-hydrogen) atoms. The van der Waals surface area contributed by atoms with Crippen LogP contribution >= 0.6 is 11.3 Å². The first-order valence-corrected chi connectivity index (χ1v) is 10.8. The van der Waals surface area contributed by atoms with Crippen molar-refractivity contribution >= 4 is 37.3 Å². The molecule has 0 aliphatic carbocycles. The molecule has 0 saturated heterocycles. The molecule has 2 aromatic carbocycles. The maximum atomic E-state index is 13.1. The minimum Gasteiger partial charge on any atom is -0.438 e. The molecule has 0 N–H and O–H groups in total. The van der Waals surface area contributed by atoms with Crippen LogP contribution < -0.4 is 9.04 Å². The molecule has 9 heteroatoms. The van der Waals surface area contributed by atoms with Crippen LogP contribution in [0.1, 0.15) is 4.88 Å². The summed E-state index contributed by atoms with van der Waals surface area (Å²) in [4.78, 5) is 10.4. The van der Waals surface area contributed by atoms with Gasteiger partial charge in [0.15, 0.2) is 0 Å². The standard InChI is InChI=1S/C20H16FN3O3S2/c1-13-11-18-19(22-12-23-20(18)28-13)27-16-7-5-15(6-8-16)24(2)29(25,26)17-9-3-14(21)4-10-17/h3-12H,1-2H3. The van der Waals surface area contributed by atoms with Crippen LogP contribution in [0.25, 0.3) is 10.2 Å². The third-order valence-corrected chi connectivity index (χ3v) is 7.06. The topological polar surface area (TPSA) is 72.4 Å². The second-order valence-corrected chi connectivity index (χ2v) is 9.48. The van der Waals surface area contributed by atoms with Crippen LogP contribution in [0.15, 0.2) is 65.8 Å². The summed E-state index contributed by atoms with van der Waals surface area (Å²) in [5.74, 6) is 0.470. The minimum absolute atomic E-state index is 0.0120. The zero-order chi connectivity index (χ0) is 20.6. The van der Waals surface area contributed by atoms with Crippen molar-refractivity contribution in [1.82, 2.24) is 9.97 Å². The van der Waals surface area contributed by atoms with Crippen LogP contribution in [0.5, 0.6) is 11.6 Å². The number of ether oxygens (including phenoxy) is 1. The Hall–Kier alpha value is -3.04. The maximum absolute atomic E-state index is 13.1. The summed E-state index contributed by atoms with van der Waals surface area (Å²) in [5.41, 5.74) is 0.445. The predicted molar refractivity (Wildman–Crippen MR) is 111 cm³/mol. The number of aryl methyl sites for hydroxylation is 1. The van der Waals surface area contributed by atoms with E-state index in [1.807, 2.05) is 13.0 Å². The summed E-state index contributed by atoms with van der Waals surface area (Å²) in [5, 5.41) is 0.829. The van der Waals surface area contributed by atoms with Crippen LogP contribution in [0.3, 0.4) is 0 Å². The fourth-order valence-electron chi connectivity index (χ4n) is 2.77. The van der Waals surface area contributed by atoms with E-state index in [0.717, 1.165) is 31.5 Å². The van der Waals surface area contributed by atoms with Crippen LogP contribution in [0.4, 0.5) is 10.1 Å². The molecule has 0 spiro atoms. The highest BCUT2D eigenvalue weighted by atomic mass is 32.2. The Morgan fingerprint density at radius 2 is 1.72 bits per heavy atom. The van der Waals surface area contributed by atoms with Gasteiger partial charge in [0.2, 0.25) is 5.88 Å². The molecule has 6 nitrogen and oxygen atoms in total. The van der Waals surface area contributed by atoms with E-state index in [0.29, 0.717) is 17.3 Å². The lowest BCUT2D eigenvalue weighted by molar-refractivity contribution is 0.468. The summed E-state index contributed by atoms with van der Waals surface area (Å²) in [7, 11) is -2.36. The fraction of sp³-hybridized carbons (Fsp3) is 0.100. The molecular formula is C20H16FN3O3S2. The molecule has 2 heterocycles. The Morgan fingerprint density at radius 3 is 2.41 bits per heavy atom. The number of benzene rings is 2. The second kappa shape index (κ2) is 7.41. The van der Waals surface area contributed by atoms with Gasteiger partial charge in [-0.25, -0.2) is 22.8 Å². The van der Waals surface area contributed by atoms with Crippen LogP contribution in [-0.2, 0) is 10.0 Å². The zero-order valence-electron chi connectivity index (χ0n) is 15.5. The lowest BCUT2D eigenvalue weighted by Crippen LogP contribution is -2.26. The first-order chi connectivity index (χ1) is 13.8. The average Bonchev–Trinajstić information content (AvgIpc) is 3.10. The van der Waals surface area contributed by atoms with Gasteiger partial charge >= 0.3 is 0 Å². The summed E-state index contributed by atoms with van der Waals surface area (Å²) < 4.78 is 45.5. The van der Waals surface area contributed by atoms with E-state index in [4.69, 9.17) is 4.74 Å². The normalized spacial score (nSPS) is 11.6.